The molecule has 102 valence electrons. The Balaban J connectivity index is 2.24. The Morgan fingerprint density at radius 3 is 2.37 bits per heavy atom. The highest BCUT2D eigenvalue weighted by molar-refractivity contribution is 7.12. The fourth-order valence-corrected chi connectivity index (χ4v) is 3.41. The molecule has 2 aromatic rings. The van der Waals surface area contributed by atoms with Crippen LogP contribution < -0.4 is 5.32 Å². The lowest BCUT2D eigenvalue weighted by Crippen LogP contribution is -2.09. The van der Waals surface area contributed by atoms with Crippen LogP contribution in [0.5, 0.6) is 0 Å². The molecule has 0 saturated heterocycles. The second kappa shape index (κ2) is 5.76. The summed E-state index contributed by atoms with van der Waals surface area (Å²) in [6, 6.07) is 10.4. The molecule has 1 aromatic heterocycles. The summed E-state index contributed by atoms with van der Waals surface area (Å²) in [5.74, 6) is 0. The van der Waals surface area contributed by atoms with Gasteiger partial charge < -0.3 is 10.4 Å². The first-order chi connectivity index (χ1) is 8.99. The van der Waals surface area contributed by atoms with Crippen molar-refractivity contribution in [3.63, 3.8) is 0 Å². The zero-order chi connectivity index (χ0) is 14.0. The van der Waals surface area contributed by atoms with Crippen molar-refractivity contribution in [1.29, 1.82) is 0 Å². The van der Waals surface area contributed by atoms with Crippen LogP contribution in [0.25, 0.3) is 0 Å². The number of para-hydroxylation sites is 1. The minimum Gasteiger partial charge on any atom is -0.389 e. The largest absolute Gasteiger partial charge is 0.389 e. The summed E-state index contributed by atoms with van der Waals surface area (Å²) in [6.45, 7) is 8.25. The van der Waals surface area contributed by atoms with Crippen molar-refractivity contribution in [3.05, 3.63) is 51.2 Å². The molecule has 0 bridgehead atoms. The van der Waals surface area contributed by atoms with Crippen molar-refractivity contribution in [1.82, 2.24) is 0 Å². The van der Waals surface area contributed by atoms with E-state index in [1.807, 2.05) is 35.6 Å². The van der Waals surface area contributed by atoms with Gasteiger partial charge in [0.25, 0.3) is 0 Å². The van der Waals surface area contributed by atoms with Gasteiger partial charge in [0.15, 0.2) is 0 Å². The molecule has 2 atom stereocenters. The Kier molecular flexibility index (Phi) is 4.27. The van der Waals surface area contributed by atoms with Crippen LogP contribution in [0, 0.1) is 13.8 Å². The number of thiophene rings is 1. The maximum atomic E-state index is 9.81. The molecule has 1 aromatic carbocycles. The topological polar surface area (TPSA) is 32.3 Å². The first-order valence-corrected chi connectivity index (χ1v) is 7.41. The minimum atomic E-state index is -0.457. The zero-order valence-corrected chi connectivity index (χ0v) is 12.7. The summed E-state index contributed by atoms with van der Waals surface area (Å²) in [7, 11) is 0. The SMILES string of the molecule is Cc1cc(C(C)Nc2ccccc2C(C)O)c(C)s1. The smallest absolute Gasteiger partial charge is 0.0781 e. The van der Waals surface area contributed by atoms with Crippen LogP contribution >= 0.6 is 11.3 Å². The van der Waals surface area contributed by atoms with Crippen LogP contribution in [-0.2, 0) is 0 Å². The maximum Gasteiger partial charge on any atom is 0.0781 e. The minimum absolute atomic E-state index is 0.241. The van der Waals surface area contributed by atoms with Gasteiger partial charge in [0.05, 0.1) is 6.10 Å². The van der Waals surface area contributed by atoms with Crippen LogP contribution in [0.4, 0.5) is 5.69 Å². The molecule has 19 heavy (non-hydrogen) atoms. The average Bonchev–Trinajstić information content (AvgIpc) is 2.69. The van der Waals surface area contributed by atoms with Crippen molar-refractivity contribution in [2.24, 2.45) is 0 Å². The molecule has 0 amide bonds. The lowest BCUT2D eigenvalue weighted by Gasteiger charge is -2.19. The van der Waals surface area contributed by atoms with Gasteiger partial charge in [0, 0.05) is 27.0 Å². The first-order valence-electron chi connectivity index (χ1n) is 6.59. The van der Waals surface area contributed by atoms with E-state index >= 15 is 0 Å². The zero-order valence-electron chi connectivity index (χ0n) is 11.9. The monoisotopic (exact) mass is 275 g/mol. The number of aliphatic hydroxyl groups is 1. The van der Waals surface area contributed by atoms with Crippen LogP contribution in [0.3, 0.4) is 0 Å². The number of hydrogen-bond donors (Lipinski definition) is 2. The van der Waals surface area contributed by atoms with Crippen molar-refractivity contribution in [3.8, 4) is 0 Å². The van der Waals surface area contributed by atoms with Crippen molar-refractivity contribution in [2.75, 3.05) is 5.32 Å². The van der Waals surface area contributed by atoms with E-state index in [0.29, 0.717) is 0 Å². The Morgan fingerprint density at radius 1 is 1.11 bits per heavy atom. The van der Waals surface area contributed by atoms with Crippen molar-refractivity contribution >= 4 is 17.0 Å². The summed E-state index contributed by atoms with van der Waals surface area (Å²) >= 11 is 1.83. The van der Waals surface area contributed by atoms with Crippen LogP contribution in [0.2, 0.25) is 0 Å². The van der Waals surface area contributed by atoms with E-state index in [1.54, 1.807) is 6.92 Å². The van der Waals surface area contributed by atoms with Gasteiger partial charge in [-0.1, -0.05) is 18.2 Å². The molecular weight excluding hydrogens is 254 g/mol. The second-order valence-corrected chi connectivity index (χ2v) is 6.46. The number of rotatable bonds is 4. The molecule has 2 rings (SSSR count). The van der Waals surface area contributed by atoms with E-state index in [0.717, 1.165) is 11.3 Å². The Bertz CT molecular complexity index is 560. The molecule has 0 aliphatic heterocycles. The highest BCUT2D eigenvalue weighted by Crippen LogP contribution is 2.31. The number of nitrogens with one attached hydrogen (secondary N) is 1. The van der Waals surface area contributed by atoms with Gasteiger partial charge in [-0.15, -0.1) is 11.3 Å². The van der Waals surface area contributed by atoms with Crippen LogP contribution in [-0.4, -0.2) is 5.11 Å². The molecule has 0 aliphatic rings. The van der Waals surface area contributed by atoms with Gasteiger partial charge in [-0.2, -0.15) is 0 Å². The van der Waals surface area contributed by atoms with E-state index in [-0.39, 0.29) is 6.04 Å². The third kappa shape index (κ3) is 3.17. The van der Waals surface area contributed by atoms with E-state index in [4.69, 9.17) is 0 Å². The fourth-order valence-electron chi connectivity index (χ4n) is 2.38. The van der Waals surface area contributed by atoms with Gasteiger partial charge in [-0.05, 0) is 45.4 Å². The predicted octanol–water partition coefficient (Wildman–Crippen LogP) is 4.59. The molecule has 3 heteroatoms. The highest BCUT2D eigenvalue weighted by Gasteiger charge is 2.14. The molecule has 0 radical (unpaired) electrons. The van der Waals surface area contributed by atoms with E-state index in [2.05, 4.69) is 32.2 Å². The fraction of sp³-hybridized carbons (Fsp3) is 0.375. The van der Waals surface area contributed by atoms with E-state index in [1.165, 1.54) is 15.3 Å². The molecule has 0 aliphatic carbocycles. The molecule has 0 fully saturated rings. The molecule has 2 N–H and O–H groups in total. The lowest BCUT2D eigenvalue weighted by molar-refractivity contribution is 0.200. The Hall–Kier alpha value is -1.32. The van der Waals surface area contributed by atoms with Crippen molar-refractivity contribution < 1.29 is 5.11 Å². The third-order valence-corrected chi connectivity index (χ3v) is 4.31. The molecule has 2 nitrogen and oxygen atoms in total. The maximum absolute atomic E-state index is 9.81. The normalized spacial score (nSPS) is 14.2. The van der Waals surface area contributed by atoms with Gasteiger partial charge in [0.2, 0.25) is 0 Å². The standard InChI is InChI=1S/C16H21NOS/c1-10-9-15(13(4)19-10)11(2)17-16-8-6-5-7-14(16)12(3)18/h5-9,11-12,17-18H,1-4H3. The molecular formula is C16H21NOS. The second-order valence-electron chi connectivity index (χ2n) is 5.00. The average molecular weight is 275 g/mol. The first kappa shape index (κ1) is 14.1. The number of hydrogen-bond acceptors (Lipinski definition) is 3. The lowest BCUT2D eigenvalue weighted by atomic mass is 10.1. The predicted molar refractivity (Wildman–Crippen MR) is 82.9 cm³/mol. The van der Waals surface area contributed by atoms with Gasteiger partial charge in [-0.3, -0.25) is 0 Å². The van der Waals surface area contributed by atoms with Gasteiger partial charge in [-0.25, -0.2) is 0 Å². The molecule has 0 saturated carbocycles. The summed E-state index contributed by atoms with van der Waals surface area (Å²) < 4.78 is 0. The number of aryl methyl sites for hydroxylation is 2. The molecule has 2 unspecified atom stereocenters. The highest BCUT2D eigenvalue weighted by atomic mass is 32.1. The van der Waals surface area contributed by atoms with E-state index in [9.17, 15) is 5.11 Å². The Morgan fingerprint density at radius 2 is 1.79 bits per heavy atom. The number of anilines is 1. The third-order valence-electron chi connectivity index (χ3n) is 3.33. The van der Waals surface area contributed by atoms with Gasteiger partial charge >= 0.3 is 0 Å². The van der Waals surface area contributed by atoms with Crippen LogP contribution in [0.15, 0.2) is 30.3 Å². The quantitative estimate of drug-likeness (QED) is 0.855. The van der Waals surface area contributed by atoms with Crippen molar-refractivity contribution in [2.45, 2.75) is 39.8 Å². The summed E-state index contributed by atoms with van der Waals surface area (Å²) in [6.07, 6.45) is -0.457. The molecule has 1 heterocycles. The summed E-state index contributed by atoms with van der Waals surface area (Å²) in [5, 5.41) is 13.3. The Labute approximate surface area is 119 Å². The van der Waals surface area contributed by atoms with Crippen LogP contribution in [0.1, 0.15) is 46.9 Å². The number of benzene rings is 1. The van der Waals surface area contributed by atoms with E-state index < -0.39 is 6.10 Å². The molecule has 0 spiro atoms. The summed E-state index contributed by atoms with van der Waals surface area (Å²) in [4.78, 5) is 2.69. The summed E-state index contributed by atoms with van der Waals surface area (Å²) in [5.41, 5.74) is 3.29. The van der Waals surface area contributed by atoms with Gasteiger partial charge in [0.1, 0.15) is 0 Å². The number of aliphatic hydroxyl groups excluding tert-OH is 1.